The van der Waals surface area contributed by atoms with Gasteiger partial charge in [0.1, 0.15) is 5.82 Å². The number of imidazole rings is 1. The van der Waals surface area contributed by atoms with Gasteiger partial charge in [-0.2, -0.15) is 0 Å². The molecule has 0 radical (unpaired) electrons. The van der Waals surface area contributed by atoms with Crippen molar-refractivity contribution in [1.29, 1.82) is 0 Å². The molecule has 3 rings (SSSR count). The minimum absolute atomic E-state index is 0.138. The quantitative estimate of drug-likeness (QED) is 0.754. The molecular weight excluding hydrogens is 322 g/mol. The van der Waals surface area contributed by atoms with Crippen LogP contribution in [-0.4, -0.2) is 26.0 Å². The van der Waals surface area contributed by atoms with Crippen LogP contribution in [0.5, 0.6) is 0 Å². The number of nitrogens with one attached hydrogen (secondary N) is 1. The number of rotatable bonds is 2. The number of aromatic nitrogens is 3. The summed E-state index contributed by atoms with van der Waals surface area (Å²) in [5.74, 6) is -0.331. The smallest absolute Gasteiger partial charge is 0.337 e. The van der Waals surface area contributed by atoms with E-state index < -0.39 is 5.97 Å². The number of carboxylic acid groups (broad SMARTS) is 1. The maximum absolute atomic E-state index is 10.9. The molecule has 2 N–H and O–H groups in total. The van der Waals surface area contributed by atoms with Crippen LogP contribution in [0, 0.1) is 6.92 Å². The van der Waals surface area contributed by atoms with Gasteiger partial charge in [0, 0.05) is 16.2 Å². The van der Waals surface area contributed by atoms with Crippen LogP contribution in [0.1, 0.15) is 15.9 Å². The highest BCUT2D eigenvalue weighted by molar-refractivity contribution is 9.10. The lowest BCUT2D eigenvalue weighted by Gasteiger charge is -2.02. The zero-order valence-corrected chi connectivity index (χ0v) is 12.1. The van der Waals surface area contributed by atoms with Gasteiger partial charge in [0.2, 0.25) is 0 Å². The molecule has 0 atom stereocenters. The number of aromatic amines is 1. The molecule has 20 heavy (non-hydrogen) atoms. The van der Waals surface area contributed by atoms with Crippen LogP contribution >= 0.6 is 15.9 Å². The third-order valence-corrected chi connectivity index (χ3v) is 3.53. The average molecular weight is 332 g/mol. The summed E-state index contributed by atoms with van der Waals surface area (Å²) in [5, 5.41) is 8.97. The summed E-state index contributed by atoms with van der Waals surface area (Å²) in [7, 11) is 0. The van der Waals surface area contributed by atoms with E-state index in [9.17, 15) is 4.79 Å². The molecule has 0 aliphatic rings. The summed E-state index contributed by atoms with van der Waals surface area (Å²) >= 11 is 3.43. The van der Waals surface area contributed by atoms with Crippen molar-refractivity contribution in [2.24, 2.45) is 0 Å². The normalized spacial score (nSPS) is 10.9. The van der Waals surface area contributed by atoms with Gasteiger partial charge in [-0.15, -0.1) is 0 Å². The van der Waals surface area contributed by atoms with Gasteiger partial charge in [0.25, 0.3) is 0 Å². The molecule has 0 spiro atoms. The van der Waals surface area contributed by atoms with Crippen molar-refractivity contribution in [3.8, 4) is 11.4 Å². The van der Waals surface area contributed by atoms with E-state index in [1.807, 2.05) is 25.1 Å². The Morgan fingerprint density at radius 3 is 2.90 bits per heavy atom. The molecule has 6 heteroatoms. The minimum atomic E-state index is -1.01. The van der Waals surface area contributed by atoms with Crippen molar-refractivity contribution in [1.82, 2.24) is 15.0 Å². The largest absolute Gasteiger partial charge is 0.478 e. The Bertz CT molecular complexity index is 826. The Kier molecular flexibility index (Phi) is 3.02. The highest BCUT2D eigenvalue weighted by Gasteiger charge is 2.11. The second kappa shape index (κ2) is 4.72. The maximum Gasteiger partial charge on any atom is 0.337 e. The van der Waals surface area contributed by atoms with E-state index in [1.165, 1.54) is 12.3 Å². The lowest BCUT2D eigenvalue weighted by molar-refractivity contribution is 0.0696. The maximum atomic E-state index is 10.9. The molecule has 0 aliphatic heterocycles. The van der Waals surface area contributed by atoms with E-state index in [-0.39, 0.29) is 5.56 Å². The molecule has 1 aromatic carbocycles. The molecule has 2 aromatic heterocycles. The number of halogens is 1. The van der Waals surface area contributed by atoms with Gasteiger partial charge in [-0.3, -0.25) is 0 Å². The number of aryl methyl sites for hydroxylation is 1. The summed E-state index contributed by atoms with van der Waals surface area (Å²) in [6.07, 6.45) is 1.31. The molecule has 0 saturated carbocycles. The number of H-pyrrole nitrogens is 1. The van der Waals surface area contributed by atoms with Crippen molar-refractivity contribution in [3.05, 3.63) is 46.1 Å². The molecule has 5 nitrogen and oxygen atoms in total. The fourth-order valence-electron chi connectivity index (χ4n) is 1.99. The summed E-state index contributed by atoms with van der Waals surface area (Å²) < 4.78 is 0.956. The summed E-state index contributed by atoms with van der Waals surface area (Å²) in [6.45, 7) is 1.99. The van der Waals surface area contributed by atoms with Crippen LogP contribution in [0.15, 0.2) is 34.9 Å². The monoisotopic (exact) mass is 331 g/mol. The first-order chi connectivity index (χ1) is 9.54. The number of hydrogen-bond acceptors (Lipinski definition) is 3. The summed E-state index contributed by atoms with van der Waals surface area (Å²) in [6, 6.07) is 7.45. The van der Waals surface area contributed by atoms with Gasteiger partial charge >= 0.3 is 5.97 Å². The highest BCUT2D eigenvalue weighted by Crippen LogP contribution is 2.26. The molecule has 100 valence electrons. The van der Waals surface area contributed by atoms with Crippen molar-refractivity contribution in [3.63, 3.8) is 0 Å². The molecule has 0 amide bonds. The van der Waals surface area contributed by atoms with E-state index in [0.717, 1.165) is 15.6 Å². The standard InChI is InChI=1S/C14H10BrN3O2/c1-7-2-3-9(15)5-10(7)12-17-11-4-8(14(19)20)6-16-13(11)18-12/h2-6H,1H3,(H,19,20)(H,16,17,18). The number of nitrogens with zero attached hydrogens (tertiary/aromatic N) is 2. The fourth-order valence-corrected chi connectivity index (χ4v) is 2.35. The third-order valence-electron chi connectivity index (χ3n) is 3.04. The number of carboxylic acids is 1. The third kappa shape index (κ3) is 2.18. The lowest BCUT2D eigenvalue weighted by atomic mass is 10.1. The SMILES string of the molecule is Cc1ccc(Br)cc1-c1nc2ncc(C(=O)O)cc2[nH]1. The molecule has 0 fully saturated rings. The Morgan fingerprint density at radius 2 is 2.15 bits per heavy atom. The minimum Gasteiger partial charge on any atom is -0.478 e. The van der Waals surface area contributed by atoms with Gasteiger partial charge in [0.05, 0.1) is 11.1 Å². The van der Waals surface area contributed by atoms with Crippen molar-refractivity contribution < 1.29 is 9.90 Å². The van der Waals surface area contributed by atoms with E-state index in [4.69, 9.17) is 5.11 Å². The summed E-state index contributed by atoms with van der Waals surface area (Å²) in [4.78, 5) is 22.5. The zero-order chi connectivity index (χ0) is 14.3. The second-order valence-corrected chi connectivity index (χ2v) is 5.36. The number of aromatic carboxylic acids is 1. The Labute approximate surface area is 122 Å². The molecule has 0 bridgehead atoms. The van der Waals surface area contributed by atoms with Crippen molar-refractivity contribution in [2.75, 3.05) is 0 Å². The topological polar surface area (TPSA) is 78.9 Å². The molecule has 3 aromatic rings. The van der Waals surface area contributed by atoms with Gasteiger partial charge in [-0.25, -0.2) is 14.8 Å². The van der Waals surface area contributed by atoms with Gasteiger partial charge in [-0.05, 0) is 30.7 Å². The van der Waals surface area contributed by atoms with Crippen LogP contribution in [-0.2, 0) is 0 Å². The van der Waals surface area contributed by atoms with Gasteiger partial charge < -0.3 is 10.1 Å². The number of benzene rings is 1. The van der Waals surface area contributed by atoms with E-state index >= 15 is 0 Å². The van der Waals surface area contributed by atoms with Gasteiger partial charge in [0.15, 0.2) is 5.65 Å². The van der Waals surface area contributed by atoms with Crippen LogP contribution in [0.25, 0.3) is 22.6 Å². The lowest BCUT2D eigenvalue weighted by Crippen LogP contribution is -1.96. The Hall–Kier alpha value is -2.21. The fraction of sp³-hybridized carbons (Fsp3) is 0.0714. The predicted octanol–water partition coefficient (Wildman–Crippen LogP) is 3.39. The average Bonchev–Trinajstić information content (AvgIpc) is 2.83. The number of hydrogen-bond donors (Lipinski definition) is 2. The highest BCUT2D eigenvalue weighted by atomic mass is 79.9. The van der Waals surface area contributed by atoms with Crippen molar-refractivity contribution in [2.45, 2.75) is 6.92 Å². The number of carbonyl (C=O) groups is 1. The van der Waals surface area contributed by atoms with E-state index in [0.29, 0.717) is 17.0 Å². The Balaban J connectivity index is 2.17. The van der Waals surface area contributed by atoms with E-state index in [1.54, 1.807) is 0 Å². The van der Waals surface area contributed by atoms with Crippen LogP contribution < -0.4 is 0 Å². The summed E-state index contributed by atoms with van der Waals surface area (Å²) in [5.41, 5.74) is 3.28. The first kappa shape index (κ1) is 12.8. The van der Waals surface area contributed by atoms with Crippen LogP contribution in [0.3, 0.4) is 0 Å². The Morgan fingerprint density at radius 1 is 1.35 bits per heavy atom. The molecule has 0 saturated heterocycles. The predicted molar refractivity (Wildman–Crippen MR) is 78.7 cm³/mol. The molecule has 2 heterocycles. The number of pyridine rings is 1. The molecular formula is C14H10BrN3O2. The molecule has 0 aliphatic carbocycles. The molecule has 0 unspecified atom stereocenters. The van der Waals surface area contributed by atoms with Gasteiger partial charge in [-0.1, -0.05) is 22.0 Å². The van der Waals surface area contributed by atoms with E-state index in [2.05, 4.69) is 30.9 Å². The van der Waals surface area contributed by atoms with Crippen molar-refractivity contribution >= 4 is 33.1 Å². The first-order valence-electron chi connectivity index (χ1n) is 5.90. The van der Waals surface area contributed by atoms with Crippen LogP contribution in [0.2, 0.25) is 0 Å². The van der Waals surface area contributed by atoms with Crippen LogP contribution in [0.4, 0.5) is 0 Å². The zero-order valence-electron chi connectivity index (χ0n) is 10.5. The second-order valence-electron chi connectivity index (χ2n) is 4.44. The first-order valence-corrected chi connectivity index (χ1v) is 6.69. The number of fused-ring (bicyclic) bond motifs is 1.